The molecule has 1 heterocycles. The molecule has 2 unspecified atom stereocenters. The highest BCUT2D eigenvalue weighted by molar-refractivity contribution is 5.91. The van der Waals surface area contributed by atoms with E-state index in [4.69, 9.17) is 4.42 Å². The van der Waals surface area contributed by atoms with E-state index in [1.807, 2.05) is 0 Å². The molecule has 2 N–H and O–H groups in total. The molecule has 0 bridgehead atoms. The standard InChI is InChI=1S/C14H22N2O2/c1-11-4-2-5-12(10-11)15-7-8-16-14(17)13-6-3-9-18-13/h3,6,9,11-12,15H,2,4-5,7-8,10H2,1H3,(H,16,17). The average molecular weight is 250 g/mol. The molecule has 1 aromatic heterocycles. The number of rotatable bonds is 5. The number of hydrogen-bond donors (Lipinski definition) is 2. The molecule has 1 amide bonds. The Morgan fingerprint density at radius 3 is 3.06 bits per heavy atom. The van der Waals surface area contributed by atoms with Crippen molar-refractivity contribution in [3.63, 3.8) is 0 Å². The molecule has 0 aliphatic heterocycles. The second kappa shape index (κ2) is 6.59. The molecule has 4 heteroatoms. The van der Waals surface area contributed by atoms with Crippen molar-refractivity contribution in [2.75, 3.05) is 13.1 Å². The highest BCUT2D eigenvalue weighted by Crippen LogP contribution is 2.23. The van der Waals surface area contributed by atoms with Crippen LogP contribution in [0.15, 0.2) is 22.8 Å². The van der Waals surface area contributed by atoms with Crippen LogP contribution in [0, 0.1) is 5.92 Å². The monoisotopic (exact) mass is 250 g/mol. The first-order valence-electron chi connectivity index (χ1n) is 6.81. The SMILES string of the molecule is CC1CCCC(NCCNC(=O)c2ccco2)C1. The Morgan fingerprint density at radius 1 is 1.44 bits per heavy atom. The second-order valence-electron chi connectivity index (χ2n) is 5.16. The van der Waals surface area contributed by atoms with Crippen LogP contribution in [-0.4, -0.2) is 25.0 Å². The van der Waals surface area contributed by atoms with Crippen LogP contribution in [0.5, 0.6) is 0 Å². The molecule has 2 atom stereocenters. The summed E-state index contributed by atoms with van der Waals surface area (Å²) >= 11 is 0. The molecule has 0 spiro atoms. The third kappa shape index (κ3) is 3.88. The lowest BCUT2D eigenvalue weighted by molar-refractivity contribution is 0.0925. The Labute approximate surface area is 108 Å². The summed E-state index contributed by atoms with van der Waals surface area (Å²) < 4.78 is 5.02. The van der Waals surface area contributed by atoms with Crippen LogP contribution in [0.4, 0.5) is 0 Å². The summed E-state index contributed by atoms with van der Waals surface area (Å²) in [5, 5.41) is 6.35. The average Bonchev–Trinajstić information content (AvgIpc) is 2.88. The maximum Gasteiger partial charge on any atom is 0.287 e. The normalized spacial score (nSPS) is 23.8. The Kier molecular flexibility index (Phi) is 4.81. The summed E-state index contributed by atoms with van der Waals surface area (Å²) in [6.07, 6.45) is 6.70. The van der Waals surface area contributed by atoms with Gasteiger partial charge in [-0.05, 0) is 30.9 Å². The molecule has 1 fully saturated rings. The lowest BCUT2D eigenvalue weighted by Gasteiger charge is -2.27. The van der Waals surface area contributed by atoms with Crippen LogP contribution < -0.4 is 10.6 Å². The summed E-state index contributed by atoms with van der Waals surface area (Å²) in [6.45, 7) is 3.78. The van der Waals surface area contributed by atoms with Crippen molar-refractivity contribution >= 4 is 5.91 Å². The second-order valence-corrected chi connectivity index (χ2v) is 5.16. The molecular formula is C14H22N2O2. The summed E-state index contributed by atoms with van der Waals surface area (Å²) in [5.74, 6) is 1.06. The van der Waals surface area contributed by atoms with Crippen molar-refractivity contribution in [2.45, 2.75) is 38.6 Å². The largest absolute Gasteiger partial charge is 0.459 e. The Hall–Kier alpha value is -1.29. The predicted octanol–water partition coefficient (Wildman–Crippen LogP) is 2.18. The molecule has 18 heavy (non-hydrogen) atoms. The van der Waals surface area contributed by atoms with Crippen LogP contribution in [0.1, 0.15) is 43.2 Å². The maximum absolute atomic E-state index is 11.6. The van der Waals surface area contributed by atoms with E-state index >= 15 is 0 Å². The van der Waals surface area contributed by atoms with Gasteiger partial charge in [0, 0.05) is 19.1 Å². The first-order valence-corrected chi connectivity index (χ1v) is 6.81. The third-order valence-corrected chi connectivity index (χ3v) is 3.52. The smallest absolute Gasteiger partial charge is 0.287 e. The van der Waals surface area contributed by atoms with Gasteiger partial charge in [0.05, 0.1) is 6.26 Å². The minimum Gasteiger partial charge on any atom is -0.459 e. The quantitative estimate of drug-likeness (QED) is 0.788. The van der Waals surface area contributed by atoms with E-state index < -0.39 is 0 Å². The van der Waals surface area contributed by atoms with Gasteiger partial charge in [-0.1, -0.05) is 19.8 Å². The predicted molar refractivity (Wildman–Crippen MR) is 70.5 cm³/mol. The van der Waals surface area contributed by atoms with Crippen molar-refractivity contribution in [2.24, 2.45) is 5.92 Å². The summed E-state index contributed by atoms with van der Waals surface area (Å²) in [4.78, 5) is 11.6. The molecule has 0 radical (unpaired) electrons. The number of amides is 1. The van der Waals surface area contributed by atoms with E-state index in [-0.39, 0.29) is 5.91 Å². The van der Waals surface area contributed by atoms with E-state index in [9.17, 15) is 4.79 Å². The molecule has 0 aromatic carbocycles. The molecule has 2 rings (SSSR count). The van der Waals surface area contributed by atoms with E-state index in [1.165, 1.54) is 31.9 Å². The first-order chi connectivity index (χ1) is 8.75. The van der Waals surface area contributed by atoms with Crippen LogP contribution in [0.3, 0.4) is 0 Å². The van der Waals surface area contributed by atoms with Gasteiger partial charge < -0.3 is 15.1 Å². The fourth-order valence-corrected chi connectivity index (χ4v) is 2.57. The zero-order valence-corrected chi connectivity index (χ0v) is 10.9. The molecule has 100 valence electrons. The van der Waals surface area contributed by atoms with E-state index in [0.29, 0.717) is 18.3 Å². The van der Waals surface area contributed by atoms with E-state index in [2.05, 4.69) is 17.6 Å². The maximum atomic E-state index is 11.6. The highest BCUT2D eigenvalue weighted by atomic mass is 16.3. The van der Waals surface area contributed by atoms with Crippen LogP contribution in [-0.2, 0) is 0 Å². The number of hydrogen-bond acceptors (Lipinski definition) is 3. The summed E-state index contributed by atoms with van der Waals surface area (Å²) in [6, 6.07) is 4.01. The number of carbonyl (C=O) groups is 1. The lowest BCUT2D eigenvalue weighted by Crippen LogP contribution is -2.39. The van der Waals surface area contributed by atoms with Gasteiger partial charge in [0.1, 0.15) is 0 Å². The number of nitrogens with one attached hydrogen (secondary N) is 2. The van der Waals surface area contributed by atoms with Crippen molar-refractivity contribution < 1.29 is 9.21 Å². The van der Waals surface area contributed by atoms with Crippen molar-refractivity contribution in [3.8, 4) is 0 Å². The van der Waals surface area contributed by atoms with Crippen molar-refractivity contribution in [1.29, 1.82) is 0 Å². The zero-order chi connectivity index (χ0) is 12.8. The van der Waals surface area contributed by atoms with Gasteiger partial charge >= 0.3 is 0 Å². The van der Waals surface area contributed by atoms with E-state index in [1.54, 1.807) is 12.1 Å². The van der Waals surface area contributed by atoms with Gasteiger partial charge in [-0.15, -0.1) is 0 Å². The first kappa shape index (κ1) is 13.1. The number of furan rings is 1. The van der Waals surface area contributed by atoms with Gasteiger partial charge in [0.25, 0.3) is 5.91 Å². The van der Waals surface area contributed by atoms with Crippen LogP contribution >= 0.6 is 0 Å². The molecule has 1 aliphatic carbocycles. The Bertz CT molecular complexity index is 362. The van der Waals surface area contributed by atoms with Gasteiger partial charge in [-0.2, -0.15) is 0 Å². The molecule has 1 aromatic rings. The molecule has 1 saturated carbocycles. The Morgan fingerprint density at radius 2 is 2.33 bits per heavy atom. The van der Waals surface area contributed by atoms with Crippen molar-refractivity contribution in [1.82, 2.24) is 10.6 Å². The van der Waals surface area contributed by atoms with Gasteiger partial charge in [-0.25, -0.2) is 0 Å². The topological polar surface area (TPSA) is 54.3 Å². The van der Waals surface area contributed by atoms with Gasteiger partial charge in [0.2, 0.25) is 0 Å². The fourth-order valence-electron chi connectivity index (χ4n) is 2.57. The summed E-state index contributed by atoms with van der Waals surface area (Å²) in [7, 11) is 0. The minimum atomic E-state index is -0.140. The third-order valence-electron chi connectivity index (χ3n) is 3.52. The Balaban J connectivity index is 1.60. The minimum absolute atomic E-state index is 0.140. The fraction of sp³-hybridized carbons (Fsp3) is 0.643. The zero-order valence-electron chi connectivity index (χ0n) is 10.9. The summed E-state index contributed by atoms with van der Waals surface area (Å²) in [5.41, 5.74) is 0. The lowest BCUT2D eigenvalue weighted by atomic mass is 9.87. The van der Waals surface area contributed by atoms with Crippen molar-refractivity contribution in [3.05, 3.63) is 24.2 Å². The molecule has 0 saturated heterocycles. The molecule has 1 aliphatic rings. The van der Waals surface area contributed by atoms with Gasteiger partial charge in [-0.3, -0.25) is 4.79 Å². The highest BCUT2D eigenvalue weighted by Gasteiger charge is 2.17. The van der Waals surface area contributed by atoms with Crippen LogP contribution in [0.25, 0.3) is 0 Å². The van der Waals surface area contributed by atoms with Crippen LogP contribution in [0.2, 0.25) is 0 Å². The molecular weight excluding hydrogens is 228 g/mol. The molecule has 4 nitrogen and oxygen atoms in total. The van der Waals surface area contributed by atoms with E-state index in [0.717, 1.165) is 12.5 Å². The number of carbonyl (C=O) groups excluding carboxylic acids is 1. The van der Waals surface area contributed by atoms with Gasteiger partial charge in [0.15, 0.2) is 5.76 Å².